The molecule has 1 aliphatic heterocycles. The third-order valence-corrected chi connectivity index (χ3v) is 5.81. The van der Waals surface area contributed by atoms with Gasteiger partial charge in [0.1, 0.15) is 6.10 Å². The van der Waals surface area contributed by atoms with Gasteiger partial charge in [0.2, 0.25) is 0 Å². The molecule has 0 amide bonds. The van der Waals surface area contributed by atoms with Crippen LogP contribution >= 0.6 is 0 Å². The number of aliphatic hydroxyl groups excluding tert-OH is 1. The van der Waals surface area contributed by atoms with Gasteiger partial charge in [-0.25, -0.2) is 0 Å². The summed E-state index contributed by atoms with van der Waals surface area (Å²) >= 11 is 0. The van der Waals surface area contributed by atoms with Crippen molar-refractivity contribution >= 4 is 0 Å². The van der Waals surface area contributed by atoms with E-state index in [9.17, 15) is 10.2 Å². The Balaban J connectivity index is 1.94. The van der Waals surface area contributed by atoms with E-state index in [4.69, 9.17) is 4.74 Å². The number of aliphatic hydroxyl groups is 2. The van der Waals surface area contributed by atoms with Crippen molar-refractivity contribution < 1.29 is 14.9 Å². The fourth-order valence-electron chi connectivity index (χ4n) is 4.26. The van der Waals surface area contributed by atoms with Crippen LogP contribution in [0, 0.1) is 11.8 Å². The topological polar surface area (TPSA) is 49.7 Å². The maximum Gasteiger partial charge on any atom is 0.104 e. The SMILES string of the molecule is C=C1CC/C=C\C[C@@H]2[C@@H](CCC(C)(O)CCCCC)[C@H](O)C[C@@H]2O1. The number of hydrogen-bond acceptors (Lipinski definition) is 3. The lowest BCUT2D eigenvalue weighted by Gasteiger charge is -2.29. The summed E-state index contributed by atoms with van der Waals surface area (Å²) in [5, 5.41) is 21.2. The summed E-state index contributed by atoms with van der Waals surface area (Å²) in [6, 6.07) is 0. The third kappa shape index (κ3) is 5.63. The molecule has 1 unspecified atom stereocenters. The molecule has 0 aromatic carbocycles. The number of allylic oxidation sites excluding steroid dienone is 3. The summed E-state index contributed by atoms with van der Waals surface area (Å²) in [7, 11) is 0. The Morgan fingerprint density at radius 1 is 1.29 bits per heavy atom. The van der Waals surface area contributed by atoms with Gasteiger partial charge in [0.15, 0.2) is 0 Å². The van der Waals surface area contributed by atoms with E-state index in [1.807, 2.05) is 6.92 Å². The summed E-state index contributed by atoms with van der Waals surface area (Å²) in [6.07, 6.45) is 13.6. The molecule has 1 fully saturated rings. The van der Waals surface area contributed by atoms with Crippen LogP contribution in [0.15, 0.2) is 24.5 Å². The van der Waals surface area contributed by atoms with E-state index >= 15 is 0 Å². The van der Waals surface area contributed by atoms with Crippen molar-refractivity contribution in [2.24, 2.45) is 11.8 Å². The summed E-state index contributed by atoms with van der Waals surface area (Å²) in [5.41, 5.74) is -0.619. The first-order valence-electron chi connectivity index (χ1n) is 9.83. The molecule has 3 heteroatoms. The van der Waals surface area contributed by atoms with Gasteiger partial charge in [-0.15, -0.1) is 0 Å². The lowest BCUT2D eigenvalue weighted by molar-refractivity contribution is 0.0184. The minimum Gasteiger partial charge on any atom is -0.495 e. The molecule has 1 saturated carbocycles. The number of unbranched alkanes of at least 4 members (excludes halogenated alkanes) is 2. The Hall–Kier alpha value is -0.800. The van der Waals surface area contributed by atoms with Crippen molar-refractivity contribution in [1.82, 2.24) is 0 Å². The van der Waals surface area contributed by atoms with Crippen LogP contribution in [-0.4, -0.2) is 28.0 Å². The van der Waals surface area contributed by atoms with Crippen LogP contribution in [-0.2, 0) is 4.74 Å². The largest absolute Gasteiger partial charge is 0.495 e. The molecular formula is C21H36O3. The zero-order valence-electron chi connectivity index (χ0n) is 15.5. The smallest absolute Gasteiger partial charge is 0.104 e. The van der Waals surface area contributed by atoms with Gasteiger partial charge < -0.3 is 14.9 Å². The number of hydrogen-bond donors (Lipinski definition) is 2. The van der Waals surface area contributed by atoms with Crippen LogP contribution in [0.1, 0.15) is 78.1 Å². The fourth-order valence-corrected chi connectivity index (χ4v) is 4.26. The average Bonchev–Trinajstić information content (AvgIpc) is 2.83. The van der Waals surface area contributed by atoms with Crippen molar-refractivity contribution in [3.05, 3.63) is 24.5 Å². The number of ether oxygens (including phenoxy) is 1. The van der Waals surface area contributed by atoms with Crippen LogP contribution in [0.3, 0.4) is 0 Å². The van der Waals surface area contributed by atoms with Gasteiger partial charge in [0.25, 0.3) is 0 Å². The predicted octanol–water partition coefficient (Wildman–Crippen LogP) is 4.73. The Kier molecular flexibility index (Phi) is 7.36. The normalized spacial score (nSPS) is 34.4. The highest BCUT2D eigenvalue weighted by Crippen LogP contribution is 2.42. The first kappa shape index (κ1) is 19.5. The van der Waals surface area contributed by atoms with E-state index in [2.05, 4.69) is 25.7 Å². The first-order chi connectivity index (χ1) is 11.4. The lowest BCUT2D eigenvalue weighted by atomic mass is 9.82. The van der Waals surface area contributed by atoms with Gasteiger partial charge in [0.05, 0.1) is 17.5 Å². The molecule has 2 aliphatic rings. The zero-order chi connectivity index (χ0) is 17.6. The molecule has 5 atom stereocenters. The minimum atomic E-state index is -0.619. The van der Waals surface area contributed by atoms with E-state index in [0.717, 1.165) is 50.7 Å². The first-order valence-corrected chi connectivity index (χ1v) is 9.83. The van der Waals surface area contributed by atoms with Crippen molar-refractivity contribution in [2.75, 3.05) is 0 Å². The second-order valence-electron chi connectivity index (χ2n) is 8.06. The molecule has 1 aliphatic carbocycles. The molecule has 0 aromatic heterocycles. The van der Waals surface area contributed by atoms with Gasteiger partial charge in [0, 0.05) is 18.8 Å². The van der Waals surface area contributed by atoms with E-state index in [1.165, 1.54) is 12.8 Å². The van der Waals surface area contributed by atoms with Crippen molar-refractivity contribution in [3.8, 4) is 0 Å². The lowest BCUT2D eigenvalue weighted by Crippen LogP contribution is -2.29. The molecule has 0 bridgehead atoms. The van der Waals surface area contributed by atoms with Crippen LogP contribution in [0.5, 0.6) is 0 Å². The molecule has 3 nitrogen and oxygen atoms in total. The third-order valence-electron chi connectivity index (χ3n) is 5.81. The minimum absolute atomic E-state index is 0.0743. The summed E-state index contributed by atoms with van der Waals surface area (Å²) in [4.78, 5) is 0. The fraction of sp³-hybridized carbons (Fsp3) is 0.810. The van der Waals surface area contributed by atoms with Crippen LogP contribution in [0.25, 0.3) is 0 Å². The highest BCUT2D eigenvalue weighted by molar-refractivity contribution is 5.02. The van der Waals surface area contributed by atoms with E-state index in [1.54, 1.807) is 0 Å². The highest BCUT2D eigenvalue weighted by Gasteiger charge is 2.43. The molecule has 2 N–H and O–H groups in total. The summed E-state index contributed by atoms with van der Waals surface area (Å²) in [5.74, 6) is 1.39. The monoisotopic (exact) mass is 336 g/mol. The summed E-state index contributed by atoms with van der Waals surface area (Å²) < 4.78 is 6.05. The highest BCUT2D eigenvalue weighted by atomic mass is 16.5. The second kappa shape index (κ2) is 9.05. The quantitative estimate of drug-likeness (QED) is 0.522. The van der Waals surface area contributed by atoms with E-state index in [0.29, 0.717) is 12.3 Å². The molecular weight excluding hydrogens is 300 g/mol. The molecule has 0 saturated heterocycles. The number of rotatable bonds is 7. The molecule has 1 heterocycles. The Labute approximate surface area is 147 Å². The maximum atomic E-state index is 10.6. The van der Waals surface area contributed by atoms with Gasteiger partial charge in [-0.05, 0) is 44.9 Å². The summed E-state index contributed by atoms with van der Waals surface area (Å²) in [6.45, 7) is 8.15. The second-order valence-corrected chi connectivity index (χ2v) is 8.06. The molecule has 24 heavy (non-hydrogen) atoms. The Morgan fingerprint density at radius 3 is 2.83 bits per heavy atom. The average molecular weight is 337 g/mol. The molecule has 0 spiro atoms. The van der Waals surface area contributed by atoms with Crippen molar-refractivity contribution in [2.45, 2.75) is 95.9 Å². The van der Waals surface area contributed by atoms with Crippen molar-refractivity contribution in [3.63, 3.8) is 0 Å². The van der Waals surface area contributed by atoms with Gasteiger partial charge in [-0.2, -0.15) is 0 Å². The van der Waals surface area contributed by atoms with Gasteiger partial charge in [-0.1, -0.05) is 44.9 Å². The van der Waals surface area contributed by atoms with Crippen LogP contribution < -0.4 is 0 Å². The molecule has 0 radical (unpaired) electrons. The van der Waals surface area contributed by atoms with Gasteiger partial charge >= 0.3 is 0 Å². The van der Waals surface area contributed by atoms with E-state index in [-0.39, 0.29) is 18.1 Å². The van der Waals surface area contributed by atoms with Crippen molar-refractivity contribution in [1.29, 1.82) is 0 Å². The van der Waals surface area contributed by atoms with Crippen LogP contribution in [0.2, 0.25) is 0 Å². The molecule has 0 aromatic rings. The van der Waals surface area contributed by atoms with Gasteiger partial charge in [-0.3, -0.25) is 0 Å². The Bertz CT molecular complexity index is 427. The maximum absolute atomic E-state index is 10.6. The standard InChI is InChI=1S/C21H36O3/c1-4-5-9-13-21(3,23)14-12-17-18-11-8-6-7-10-16(2)24-20(18)15-19(17)22/h6,8,17-20,22-23H,2,4-5,7,9-15H2,1,3H3/b8-6-/t17-,18-,19-,20+,21?/m1/s1. The molecule has 138 valence electrons. The number of fused-ring (bicyclic) bond motifs is 1. The Morgan fingerprint density at radius 2 is 2.08 bits per heavy atom. The zero-order valence-corrected chi connectivity index (χ0v) is 15.5. The molecule has 2 rings (SSSR count). The predicted molar refractivity (Wildman–Crippen MR) is 98.6 cm³/mol. The van der Waals surface area contributed by atoms with Crippen LogP contribution in [0.4, 0.5) is 0 Å². The van der Waals surface area contributed by atoms with E-state index < -0.39 is 5.60 Å².